The molecule has 25 heavy (non-hydrogen) atoms. The van der Waals surface area contributed by atoms with Gasteiger partial charge in [0.15, 0.2) is 0 Å². The minimum absolute atomic E-state index is 0.00295. The molecule has 2 aromatic rings. The third kappa shape index (κ3) is 4.05. The highest BCUT2D eigenvalue weighted by Crippen LogP contribution is 2.16. The third-order valence-electron chi connectivity index (χ3n) is 4.57. The number of hydrogen-bond acceptors (Lipinski definition) is 3. The Kier molecular flexibility index (Phi) is 5.12. The zero-order valence-electron chi connectivity index (χ0n) is 14.7. The first kappa shape index (κ1) is 17.1. The molecule has 1 saturated heterocycles. The maximum Gasteiger partial charge on any atom is 0.245 e. The van der Waals surface area contributed by atoms with Crippen molar-refractivity contribution in [3.05, 3.63) is 65.5 Å². The maximum atomic E-state index is 12.7. The van der Waals surface area contributed by atoms with Gasteiger partial charge in [-0.1, -0.05) is 36.4 Å². The Labute approximate surface area is 148 Å². The molecule has 1 aromatic carbocycles. The van der Waals surface area contributed by atoms with Crippen molar-refractivity contribution in [3.8, 4) is 0 Å². The van der Waals surface area contributed by atoms with Crippen molar-refractivity contribution in [2.24, 2.45) is 0 Å². The molecular weight excluding hydrogens is 314 g/mol. The largest absolute Gasteiger partial charge is 0.331 e. The van der Waals surface area contributed by atoms with Gasteiger partial charge in [0, 0.05) is 12.2 Å². The van der Waals surface area contributed by atoms with E-state index in [1.807, 2.05) is 55.5 Å². The number of carbonyl (C=O) groups excluding carboxylic acids is 2. The molecule has 0 saturated carbocycles. The van der Waals surface area contributed by atoms with Crippen molar-refractivity contribution >= 4 is 11.8 Å². The highest BCUT2D eigenvalue weighted by molar-refractivity contribution is 5.94. The highest BCUT2D eigenvalue weighted by Gasteiger charge is 2.36. The Morgan fingerprint density at radius 1 is 1.08 bits per heavy atom. The topological polar surface area (TPSA) is 53.5 Å². The van der Waals surface area contributed by atoms with E-state index >= 15 is 0 Å². The van der Waals surface area contributed by atoms with Gasteiger partial charge in [-0.2, -0.15) is 0 Å². The van der Waals surface area contributed by atoms with E-state index in [4.69, 9.17) is 0 Å². The van der Waals surface area contributed by atoms with Crippen molar-refractivity contribution in [1.82, 2.24) is 14.8 Å². The Morgan fingerprint density at radius 3 is 2.56 bits per heavy atom. The summed E-state index contributed by atoms with van der Waals surface area (Å²) in [6.45, 7) is 4.80. The van der Waals surface area contributed by atoms with Gasteiger partial charge in [-0.25, -0.2) is 0 Å². The van der Waals surface area contributed by atoms with Gasteiger partial charge in [0.05, 0.1) is 18.8 Å². The van der Waals surface area contributed by atoms with Crippen LogP contribution in [-0.4, -0.2) is 45.7 Å². The number of aryl methyl sites for hydroxylation is 1. The van der Waals surface area contributed by atoms with Crippen LogP contribution in [0.4, 0.5) is 0 Å². The average molecular weight is 337 g/mol. The molecule has 5 heteroatoms. The monoisotopic (exact) mass is 337 g/mol. The van der Waals surface area contributed by atoms with Crippen molar-refractivity contribution in [1.29, 1.82) is 0 Å². The van der Waals surface area contributed by atoms with Gasteiger partial charge in [0.2, 0.25) is 11.8 Å². The number of aromatic nitrogens is 1. The summed E-state index contributed by atoms with van der Waals surface area (Å²) in [6, 6.07) is 15.3. The summed E-state index contributed by atoms with van der Waals surface area (Å²) in [4.78, 5) is 33.0. The molecule has 0 bridgehead atoms. The lowest BCUT2D eigenvalue weighted by molar-refractivity contribution is -0.155. The van der Waals surface area contributed by atoms with Crippen LogP contribution in [0.5, 0.6) is 0 Å². The molecule has 1 aliphatic heterocycles. The Bertz CT molecular complexity index is 761. The van der Waals surface area contributed by atoms with E-state index in [1.165, 1.54) is 5.56 Å². The number of piperazine rings is 1. The zero-order valence-corrected chi connectivity index (χ0v) is 14.7. The number of carbonyl (C=O) groups is 2. The van der Waals surface area contributed by atoms with Gasteiger partial charge in [0.1, 0.15) is 6.04 Å². The van der Waals surface area contributed by atoms with Crippen molar-refractivity contribution in [3.63, 3.8) is 0 Å². The van der Waals surface area contributed by atoms with Crippen LogP contribution in [0.1, 0.15) is 23.9 Å². The van der Waals surface area contributed by atoms with Crippen LogP contribution >= 0.6 is 0 Å². The molecule has 0 spiro atoms. The molecule has 130 valence electrons. The first-order chi connectivity index (χ1) is 12.0. The van der Waals surface area contributed by atoms with Gasteiger partial charge in [0.25, 0.3) is 0 Å². The third-order valence-corrected chi connectivity index (χ3v) is 4.57. The van der Waals surface area contributed by atoms with Crippen LogP contribution in [-0.2, 0) is 22.6 Å². The van der Waals surface area contributed by atoms with Crippen LogP contribution in [0.2, 0.25) is 0 Å². The summed E-state index contributed by atoms with van der Waals surface area (Å²) in [6.07, 6.45) is 0.756. The molecular formula is C20H23N3O2. The van der Waals surface area contributed by atoms with Gasteiger partial charge in [-0.15, -0.1) is 0 Å². The Morgan fingerprint density at radius 2 is 1.84 bits per heavy atom. The SMILES string of the molecule is Cc1cccc(CN2C(=O)CN(CCc3ccccc3)C(=O)[C@H]2C)n1. The minimum atomic E-state index is -0.459. The molecule has 1 aliphatic rings. The van der Waals surface area contributed by atoms with Crippen LogP contribution in [0, 0.1) is 6.92 Å². The summed E-state index contributed by atoms with van der Waals surface area (Å²) in [7, 11) is 0. The summed E-state index contributed by atoms with van der Waals surface area (Å²) < 4.78 is 0. The number of rotatable bonds is 5. The lowest BCUT2D eigenvalue weighted by atomic mass is 10.1. The quantitative estimate of drug-likeness (QED) is 0.840. The molecule has 0 N–H and O–H groups in total. The minimum Gasteiger partial charge on any atom is -0.331 e. The number of hydrogen-bond donors (Lipinski definition) is 0. The van der Waals surface area contributed by atoms with Crippen LogP contribution in [0.15, 0.2) is 48.5 Å². The second-order valence-electron chi connectivity index (χ2n) is 6.46. The van der Waals surface area contributed by atoms with Gasteiger partial charge in [-0.3, -0.25) is 14.6 Å². The van der Waals surface area contributed by atoms with E-state index in [1.54, 1.807) is 16.7 Å². The van der Waals surface area contributed by atoms with E-state index in [-0.39, 0.29) is 18.4 Å². The summed E-state index contributed by atoms with van der Waals surface area (Å²) in [5, 5.41) is 0. The van der Waals surface area contributed by atoms with Crippen LogP contribution in [0.3, 0.4) is 0 Å². The molecule has 1 atom stereocenters. The molecule has 2 amide bonds. The Hall–Kier alpha value is -2.69. The molecule has 2 heterocycles. The van der Waals surface area contributed by atoms with Crippen molar-refractivity contribution < 1.29 is 9.59 Å². The van der Waals surface area contributed by atoms with Crippen molar-refractivity contribution in [2.45, 2.75) is 32.9 Å². The fraction of sp³-hybridized carbons (Fsp3) is 0.350. The standard InChI is InChI=1S/C20H23N3O2/c1-15-7-6-10-18(21-15)13-23-16(2)20(25)22(14-19(23)24)12-11-17-8-4-3-5-9-17/h3-10,16H,11-14H2,1-2H3/t16-/m1/s1. The second kappa shape index (κ2) is 7.47. The average Bonchev–Trinajstić information content (AvgIpc) is 2.61. The molecule has 0 radical (unpaired) electrons. The van der Waals surface area contributed by atoms with Gasteiger partial charge in [-0.05, 0) is 38.0 Å². The van der Waals surface area contributed by atoms with E-state index in [9.17, 15) is 9.59 Å². The smallest absolute Gasteiger partial charge is 0.245 e. The van der Waals surface area contributed by atoms with Crippen LogP contribution in [0.25, 0.3) is 0 Å². The molecule has 1 fully saturated rings. The summed E-state index contributed by atoms with van der Waals surface area (Å²) in [5.41, 5.74) is 2.89. The summed E-state index contributed by atoms with van der Waals surface area (Å²) >= 11 is 0. The number of benzene rings is 1. The first-order valence-electron chi connectivity index (χ1n) is 8.59. The van der Waals surface area contributed by atoms with Crippen molar-refractivity contribution in [2.75, 3.05) is 13.1 Å². The predicted molar refractivity (Wildman–Crippen MR) is 95.7 cm³/mol. The molecule has 1 aromatic heterocycles. The number of pyridine rings is 1. The molecule has 0 aliphatic carbocycles. The molecule has 5 nitrogen and oxygen atoms in total. The number of nitrogens with zero attached hydrogens (tertiary/aromatic N) is 3. The van der Waals surface area contributed by atoms with E-state index in [0.29, 0.717) is 13.1 Å². The molecule has 3 rings (SSSR count). The predicted octanol–water partition coefficient (Wildman–Crippen LogP) is 2.19. The van der Waals surface area contributed by atoms with E-state index in [0.717, 1.165) is 17.8 Å². The van der Waals surface area contributed by atoms with Crippen LogP contribution < -0.4 is 0 Å². The lowest BCUT2D eigenvalue weighted by Gasteiger charge is -2.38. The lowest BCUT2D eigenvalue weighted by Crippen LogP contribution is -2.58. The zero-order chi connectivity index (χ0) is 17.8. The maximum absolute atomic E-state index is 12.7. The second-order valence-corrected chi connectivity index (χ2v) is 6.46. The summed E-state index contributed by atoms with van der Waals surface area (Å²) in [5.74, 6) is -0.0216. The van der Waals surface area contributed by atoms with E-state index in [2.05, 4.69) is 4.98 Å². The normalized spacial score (nSPS) is 17.9. The highest BCUT2D eigenvalue weighted by atomic mass is 16.2. The number of amides is 2. The van der Waals surface area contributed by atoms with Gasteiger partial charge < -0.3 is 9.80 Å². The fourth-order valence-corrected chi connectivity index (χ4v) is 3.13. The Balaban J connectivity index is 1.65. The first-order valence-corrected chi connectivity index (χ1v) is 8.59. The van der Waals surface area contributed by atoms with E-state index < -0.39 is 6.04 Å². The molecule has 0 unspecified atom stereocenters. The fourth-order valence-electron chi connectivity index (χ4n) is 3.13. The van der Waals surface area contributed by atoms with Gasteiger partial charge >= 0.3 is 0 Å².